The summed E-state index contributed by atoms with van der Waals surface area (Å²) >= 11 is 0. The second-order valence-electron chi connectivity index (χ2n) is 4.51. The summed E-state index contributed by atoms with van der Waals surface area (Å²) in [7, 11) is -2.07. The highest BCUT2D eigenvalue weighted by Gasteiger charge is 2.21. The first-order valence-corrected chi connectivity index (χ1v) is 7.75. The summed E-state index contributed by atoms with van der Waals surface area (Å²) in [5.74, 6) is 0.379. The molecule has 20 heavy (non-hydrogen) atoms. The lowest BCUT2D eigenvalue weighted by Crippen LogP contribution is -2.26. The van der Waals surface area contributed by atoms with Crippen molar-refractivity contribution in [3.05, 3.63) is 23.3 Å². The van der Waals surface area contributed by atoms with Crippen LogP contribution in [0.25, 0.3) is 0 Å². The molecule has 0 aliphatic rings. The fourth-order valence-electron chi connectivity index (χ4n) is 1.96. The van der Waals surface area contributed by atoms with Crippen LogP contribution in [0.15, 0.2) is 17.0 Å². The molecule has 1 aromatic rings. The standard InChI is InChI=1S/C13H22N2O3S.ClH/c1-10-8-11(2)13(12(9-10)18-3)19(16,17)15-7-5-4-6-14;/h8-9,15H,4-7,14H2,1-3H3;1H. The molecule has 0 aliphatic heterocycles. The van der Waals surface area contributed by atoms with Crippen LogP contribution in [0.5, 0.6) is 5.75 Å². The van der Waals surface area contributed by atoms with Crippen molar-refractivity contribution in [2.24, 2.45) is 5.73 Å². The van der Waals surface area contributed by atoms with Crippen LogP contribution in [-0.4, -0.2) is 28.6 Å². The summed E-state index contributed by atoms with van der Waals surface area (Å²) in [4.78, 5) is 0.216. The van der Waals surface area contributed by atoms with Gasteiger partial charge >= 0.3 is 0 Å². The smallest absolute Gasteiger partial charge is 0.244 e. The Kier molecular flexibility index (Phi) is 8.12. The summed E-state index contributed by atoms with van der Waals surface area (Å²) in [6.45, 7) is 4.62. The van der Waals surface area contributed by atoms with Crippen LogP contribution in [0.4, 0.5) is 0 Å². The second-order valence-corrected chi connectivity index (χ2v) is 6.21. The molecule has 0 saturated heterocycles. The number of nitrogens with one attached hydrogen (secondary N) is 1. The molecule has 5 nitrogen and oxygen atoms in total. The average Bonchev–Trinajstić information content (AvgIpc) is 2.33. The molecule has 1 rings (SSSR count). The Hall–Kier alpha value is -0.820. The Balaban J connectivity index is 0.00000361. The van der Waals surface area contributed by atoms with Gasteiger partial charge in [0.25, 0.3) is 0 Å². The van der Waals surface area contributed by atoms with E-state index in [1.165, 1.54) is 7.11 Å². The number of halogens is 1. The number of sulfonamides is 1. The third kappa shape index (κ3) is 4.94. The SMILES string of the molecule is COc1cc(C)cc(C)c1S(=O)(=O)NCCCCN.Cl. The summed E-state index contributed by atoms with van der Waals surface area (Å²) in [5, 5.41) is 0. The number of methoxy groups -OCH3 is 1. The zero-order chi connectivity index (χ0) is 14.5. The zero-order valence-electron chi connectivity index (χ0n) is 12.1. The maximum atomic E-state index is 12.3. The minimum absolute atomic E-state index is 0. The molecule has 0 aliphatic carbocycles. The Morgan fingerprint density at radius 1 is 1.25 bits per heavy atom. The van der Waals surface area contributed by atoms with E-state index in [2.05, 4.69) is 4.72 Å². The molecule has 116 valence electrons. The molecular weight excluding hydrogens is 300 g/mol. The number of benzene rings is 1. The van der Waals surface area contributed by atoms with Crippen molar-refractivity contribution in [1.29, 1.82) is 0 Å². The van der Waals surface area contributed by atoms with E-state index in [-0.39, 0.29) is 17.3 Å². The van der Waals surface area contributed by atoms with Crippen molar-refractivity contribution in [2.45, 2.75) is 31.6 Å². The quantitative estimate of drug-likeness (QED) is 0.749. The predicted octanol–water partition coefficient (Wildman–Crippen LogP) is 1.75. The fourth-order valence-corrected chi connectivity index (χ4v) is 3.41. The van der Waals surface area contributed by atoms with Gasteiger partial charge in [-0.2, -0.15) is 0 Å². The minimum Gasteiger partial charge on any atom is -0.495 e. The molecule has 3 N–H and O–H groups in total. The highest BCUT2D eigenvalue weighted by Crippen LogP contribution is 2.28. The molecule has 0 saturated carbocycles. The number of aryl methyl sites for hydroxylation is 2. The van der Waals surface area contributed by atoms with Crippen LogP contribution in [0.3, 0.4) is 0 Å². The summed E-state index contributed by atoms with van der Waals surface area (Å²) < 4.78 is 32.3. The van der Waals surface area contributed by atoms with Crippen molar-refractivity contribution >= 4 is 22.4 Å². The van der Waals surface area contributed by atoms with Gasteiger partial charge in [0.15, 0.2) is 0 Å². The Bertz CT molecular complexity index is 533. The highest BCUT2D eigenvalue weighted by atomic mass is 35.5. The van der Waals surface area contributed by atoms with E-state index in [9.17, 15) is 8.42 Å². The number of unbranched alkanes of at least 4 members (excludes halogenated alkanes) is 1. The Morgan fingerprint density at radius 3 is 2.45 bits per heavy atom. The lowest BCUT2D eigenvalue weighted by Gasteiger charge is -2.14. The normalized spacial score (nSPS) is 11.0. The van der Waals surface area contributed by atoms with Gasteiger partial charge in [0.2, 0.25) is 10.0 Å². The molecule has 0 spiro atoms. The number of ether oxygens (including phenoxy) is 1. The van der Waals surface area contributed by atoms with Crippen LogP contribution in [-0.2, 0) is 10.0 Å². The first kappa shape index (κ1) is 19.2. The number of hydrogen-bond donors (Lipinski definition) is 2. The topological polar surface area (TPSA) is 81.4 Å². The van der Waals surface area contributed by atoms with Gasteiger partial charge in [-0.05, 0) is 50.4 Å². The van der Waals surface area contributed by atoms with Crippen molar-refractivity contribution in [3.63, 3.8) is 0 Å². The van der Waals surface area contributed by atoms with Gasteiger partial charge in [0.1, 0.15) is 10.6 Å². The summed E-state index contributed by atoms with van der Waals surface area (Å²) in [5.41, 5.74) is 7.03. The van der Waals surface area contributed by atoms with E-state index < -0.39 is 10.0 Å². The fraction of sp³-hybridized carbons (Fsp3) is 0.538. The van der Waals surface area contributed by atoms with Gasteiger partial charge < -0.3 is 10.5 Å². The summed E-state index contributed by atoms with van der Waals surface area (Å²) in [6.07, 6.45) is 1.52. The molecule has 1 aromatic carbocycles. The Labute approximate surface area is 127 Å². The van der Waals surface area contributed by atoms with Crippen LogP contribution >= 0.6 is 12.4 Å². The Morgan fingerprint density at radius 2 is 1.90 bits per heavy atom. The molecule has 0 aromatic heterocycles. The van der Waals surface area contributed by atoms with E-state index in [1.54, 1.807) is 13.0 Å². The van der Waals surface area contributed by atoms with Crippen molar-refractivity contribution in [1.82, 2.24) is 4.72 Å². The largest absolute Gasteiger partial charge is 0.495 e. The molecular formula is C13H23ClN2O3S. The number of nitrogens with two attached hydrogens (primary N) is 1. The second kappa shape index (κ2) is 8.46. The molecule has 0 fully saturated rings. The summed E-state index contributed by atoms with van der Waals surface area (Å²) in [6, 6.07) is 3.55. The molecule has 0 atom stereocenters. The van der Waals surface area contributed by atoms with Gasteiger partial charge in [-0.25, -0.2) is 13.1 Å². The van der Waals surface area contributed by atoms with Crippen LogP contribution in [0.2, 0.25) is 0 Å². The average molecular weight is 323 g/mol. The molecule has 0 heterocycles. The van der Waals surface area contributed by atoms with Gasteiger partial charge in [0, 0.05) is 6.54 Å². The monoisotopic (exact) mass is 322 g/mol. The van der Waals surface area contributed by atoms with E-state index in [1.807, 2.05) is 13.0 Å². The maximum absolute atomic E-state index is 12.3. The van der Waals surface area contributed by atoms with E-state index >= 15 is 0 Å². The van der Waals surface area contributed by atoms with Crippen molar-refractivity contribution < 1.29 is 13.2 Å². The van der Waals surface area contributed by atoms with Gasteiger partial charge in [-0.3, -0.25) is 0 Å². The first-order chi connectivity index (χ1) is 8.92. The molecule has 0 radical (unpaired) electrons. The number of hydrogen-bond acceptors (Lipinski definition) is 4. The lowest BCUT2D eigenvalue weighted by atomic mass is 10.1. The molecule has 0 bridgehead atoms. The molecule has 0 amide bonds. The maximum Gasteiger partial charge on any atom is 0.244 e. The van der Waals surface area contributed by atoms with Gasteiger partial charge in [0.05, 0.1) is 7.11 Å². The van der Waals surface area contributed by atoms with E-state index in [0.717, 1.165) is 18.4 Å². The van der Waals surface area contributed by atoms with E-state index in [0.29, 0.717) is 24.4 Å². The van der Waals surface area contributed by atoms with Gasteiger partial charge in [-0.1, -0.05) is 6.07 Å². The highest BCUT2D eigenvalue weighted by molar-refractivity contribution is 7.89. The third-order valence-corrected chi connectivity index (χ3v) is 4.44. The predicted molar refractivity (Wildman–Crippen MR) is 83.2 cm³/mol. The van der Waals surface area contributed by atoms with E-state index in [4.69, 9.17) is 10.5 Å². The van der Waals surface area contributed by atoms with Crippen LogP contribution < -0.4 is 15.2 Å². The zero-order valence-corrected chi connectivity index (χ0v) is 13.7. The van der Waals surface area contributed by atoms with Gasteiger partial charge in [-0.15, -0.1) is 12.4 Å². The molecule has 0 unspecified atom stereocenters. The lowest BCUT2D eigenvalue weighted by molar-refractivity contribution is 0.401. The van der Waals surface area contributed by atoms with Crippen molar-refractivity contribution in [3.8, 4) is 5.75 Å². The van der Waals surface area contributed by atoms with Crippen LogP contribution in [0.1, 0.15) is 24.0 Å². The van der Waals surface area contributed by atoms with Crippen LogP contribution in [0, 0.1) is 13.8 Å². The van der Waals surface area contributed by atoms with Crippen molar-refractivity contribution in [2.75, 3.05) is 20.2 Å². The minimum atomic E-state index is -3.55. The molecule has 7 heteroatoms. The third-order valence-electron chi connectivity index (χ3n) is 2.80. The number of rotatable bonds is 7. The first-order valence-electron chi connectivity index (χ1n) is 6.27.